The number of hydrogen-bond donors (Lipinski definition) is 1. The highest BCUT2D eigenvalue weighted by Gasteiger charge is 2.24. The number of fused-ring (bicyclic) bond motifs is 1. The number of hydrogen-bond acceptors (Lipinski definition) is 3. The maximum atomic E-state index is 11.6. The quantitative estimate of drug-likeness (QED) is 0.865. The number of nitrogens with one attached hydrogen (secondary N) is 1. The molecule has 1 heterocycles. The Labute approximate surface area is 116 Å². The van der Waals surface area contributed by atoms with E-state index in [1.165, 1.54) is 4.88 Å². The molecule has 5 heteroatoms. The Morgan fingerprint density at radius 3 is 3.11 bits per heavy atom. The Balaban J connectivity index is 2.26. The number of anilines is 1. The molecule has 1 aliphatic rings. The smallest absolute Gasteiger partial charge is 0.226 e. The molecule has 0 fully saturated rings. The third kappa shape index (κ3) is 2.68. The van der Waals surface area contributed by atoms with Crippen LogP contribution in [0, 0.1) is 17.2 Å². The average Bonchev–Trinajstić information content (AvgIpc) is 2.65. The van der Waals surface area contributed by atoms with Gasteiger partial charge in [0.15, 0.2) is 0 Å². The summed E-state index contributed by atoms with van der Waals surface area (Å²) in [6, 6.07) is 2.23. The second-order valence-electron chi connectivity index (χ2n) is 4.65. The summed E-state index contributed by atoms with van der Waals surface area (Å²) in [5, 5.41) is 12.8. The van der Waals surface area contributed by atoms with E-state index in [4.69, 9.17) is 11.6 Å². The van der Waals surface area contributed by atoms with Crippen LogP contribution in [-0.4, -0.2) is 11.8 Å². The molecular formula is C13H15ClN2OS. The fraction of sp³-hybridized carbons (Fsp3) is 0.538. The van der Waals surface area contributed by atoms with Crippen molar-refractivity contribution in [3.8, 4) is 6.07 Å². The highest BCUT2D eigenvalue weighted by atomic mass is 35.5. The summed E-state index contributed by atoms with van der Waals surface area (Å²) in [4.78, 5) is 12.8. The third-order valence-corrected chi connectivity index (χ3v) is 4.56. The van der Waals surface area contributed by atoms with Crippen molar-refractivity contribution in [2.75, 3.05) is 11.2 Å². The molecule has 0 radical (unpaired) electrons. The summed E-state index contributed by atoms with van der Waals surface area (Å²) < 4.78 is 0. The minimum absolute atomic E-state index is 0.117. The number of nitrogens with zero attached hydrogens (tertiary/aromatic N) is 1. The van der Waals surface area contributed by atoms with Gasteiger partial charge in [0.1, 0.15) is 11.1 Å². The number of thiophene rings is 1. The van der Waals surface area contributed by atoms with Crippen LogP contribution in [0.15, 0.2) is 0 Å². The molecule has 0 saturated carbocycles. The zero-order chi connectivity index (χ0) is 13.1. The van der Waals surface area contributed by atoms with Crippen molar-refractivity contribution in [3.63, 3.8) is 0 Å². The van der Waals surface area contributed by atoms with Gasteiger partial charge in [0, 0.05) is 17.2 Å². The van der Waals surface area contributed by atoms with Gasteiger partial charge in [-0.1, -0.05) is 6.92 Å². The van der Waals surface area contributed by atoms with E-state index < -0.39 is 0 Å². The van der Waals surface area contributed by atoms with Crippen molar-refractivity contribution in [1.29, 1.82) is 5.26 Å². The van der Waals surface area contributed by atoms with Crippen LogP contribution in [0.2, 0.25) is 0 Å². The predicted octanol–water partition coefficient (Wildman–Crippen LogP) is 3.31. The Morgan fingerprint density at radius 1 is 1.67 bits per heavy atom. The summed E-state index contributed by atoms with van der Waals surface area (Å²) in [5.41, 5.74) is 1.80. The van der Waals surface area contributed by atoms with E-state index in [0.717, 1.165) is 24.8 Å². The van der Waals surface area contributed by atoms with Crippen LogP contribution in [0.25, 0.3) is 0 Å². The predicted molar refractivity (Wildman–Crippen MR) is 74.2 cm³/mol. The number of nitriles is 1. The molecule has 1 N–H and O–H groups in total. The van der Waals surface area contributed by atoms with E-state index in [1.54, 1.807) is 11.3 Å². The lowest BCUT2D eigenvalue weighted by Gasteiger charge is -2.17. The monoisotopic (exact) mass is 282 g/mol. The van der Waals surface area contributed by atoms with Crippen molar-refractivity contribution in [3.05, 3.63) is 16.0 Å². The number of alkyl halides is 1. The molecule has 1 amide bonds. The van der Waals surface area contributed by atoms with Gasteiger partial charge in [0.05, 0.1) is 5.56 Å². The van der Waals surface area contributed by atoms with Crippen LogP contribution >= 0.6 is 22.9 Å². The molecule has 2 rings (SSSR count). The summed E-state index contributed by atoms with van der Waals surface area (Å²) >= 11 is 7.08. The van der Waals surface area contributed by atoms with Crippen LogP contribution in [0.4, 0.5) is 5.00 Å². The Kier molecular flexibility index (Phi) is 4.26. The molecule has 0 bridgehead atoms. The molecular weight excluding hydrogens is 268 g/mol. The van der Waals surface area contributed by atoms with E-state index in [-0.39, 0.29) is 12.3 Å². The highest BCUT2D eigenvalue weighted by Crippen LogP contribution is 2.39. The molecule has 0 saturated heterocycles. The van der Waals surface area contributed by atoms with E-state index in [0.29, 0.717) is 22.4 Å². The standard InChI is InChI=1S/C13H15ClN2OS/c1-8-2-3-9-10(7-15)13(18-11(9)6-8)16-12(17)4-5-14/h8H,2-6H2,1H3,(H,16,17)/t8-/m0/s1. The van der Waals surface area contributed by atoms with Crippen LogP contribution in [0.1, 0.15) is 35.8 Å². The summed E-state index contributed by atoms with van der Waals surface area (Å²) in [5.74, 6) is 0.845. The fourth-order valence-electron chi connectivity index (χ4n) is 2.23. The number of amides is 1. The van der Waals surface area contributed by atoms with Gasteiger partial charge in [-0.15, -0.1) is 22.9 Å². The second kappa shape index (κ2) is 5.73. The Bertz CT molecular complexity index is 504. The molecule has 0 unspecified atom stereocenters. The van der Waals surface area contributed by atoms with Gasteiger partial charge >= 0.3 is 0 Å². The first kappa shape index (κ1) is 13.4. The Hall–Kier alpha value is -1.05. The maximum Gasteiger partial charge on any atom is 0.226 e. The first-order chi connectivity index (χ1) is 8.65. The summed E-state index contributed by atoms with van der Waals surface area (Å²) in [6.07, 6.45) is 3.36. The van der Waals surface area contributed by atoms with Crippen molar-refractivity contribution in [1.82, 2.24) is 0 Å². The van der Waals surface area contributed by atoms with E-state index in [1.807, 2.05) is 0 Å². The zero-order valence-electron chi connectivity index (χ0n) is 10.3. The number of rotatable bonds is 3. The molecule has 0 aromatic carbocycles. The number of carbonyl (C=O) groups is 1. The SMILES string of the molecule is C[C@H]1CCc2c(sc(NC(=O)CCCl)c2C#N)C1. The van der Waals surface area contributed by atoms with Crippen LogP contribution in [0.3, 0.4) is 0 Å². The molecule has 3 nitrogen and oxygen atoms in total. The lowest BCUT2D eigenvalue weighted by atomic mass is 9.89. The van der Waals surface area contributed by atoms with Crippen LogP contribution < -0.4 is 5.32 Å². The van der Waals surface area contributed by atoms with E-state index in [9.17, 15) is 10.1 Å². The van der Waals surface area contributed by atoms with Crippen molar-refractivity contribution >= 4 is 33.8 Å². The number of carbonyl (C=O) groups excluding carboxylic acids is 1. The van der Waals surface area contributed by atoms with Crippen LogP contribution in [0.5, 0.6) is 0 Å². The molecule has 18 heavy (non-hydrogen) atoms. The van der Waals surface area contributed by atoms with Gasteiger partial charge in [0.25, 0.3) is 0 Å². The van der Waals surface area contributed by atoms with E-state index >= 15 is 0 Å². The topological polar surface area (TPSA) is 52.9 Å². The largest absolute Gasteiger partial charge is 0.317 e. The molecule has 96 valence electrons. The van der Waals surface area contributed by atoms with Gasteiger partial charge in [-0.2, -0.15) is 5.26 Å². The average molecular weight is 283 g/mol. The van der Waals surface area contributed by atoms with Gasteiger partial charge < -0.3 is 5.32 Å². The minimum atomic E-state index is -0.117. The third-order valence-electron chi connectivity index (χ3n) is 3.20. The molecule has 1 aromatic heterocycles. The van der Waals surface area contributed by atoms with Crippen molar-refractivity contribution in [2.45, 2.75) is 32.6 Å². The van der Waals surface area contributed by atoms with E-state index in [2.05, 4.69) is 18.3 Å². The lowest BCUT2D eigenvalue weighted by molar-refractivity contribution is -0.115. The first-order valence-electron chi connectivity index (χ1n) is 6.06. The molecule has 0 spiro atoms. The van der Waals surface area contributed by atoms with Gasteiger partial charge in [-0.05, 0) is 30.7 Å². The highest BCUT2D eigenvalue weighted by molar-refractivity contribution is 7.16. The molecule has 1 aliphatic carbocycles. The maximum absolute atomic E-state index is 11.6. The lowest BCUT2D eigenvalue weighted by Crippen LogP contribution is -2.12. The Morgan fingerprint density at radius 2 is 2.44 bits per heavy atom. The number of halogens is 1. The van der Waals surface area contributed by atoms with Crippen LogP contribution in [-0.2, 0) is 17.6 Å². The zero-order valence-corrected chi connectivity index (χ0v) is 11.8. The van der Waals surface area contributed by atoms with Crippen molar-refractivity contribution in [2.24, 2.45) is 5.92 Å². The summed E-state index contributed by atoms with van der Waals surface area (Å²) in [7, 11) is 0. The molecule has 1 atom stereocenters. The van der Waals surface area contributed by atoms with Gasteiger partial charge in [0.2, 0.25) is 5.91 Å². The normalized spacial score (nSPS) is 17.9. The van der Waals surface area contributed by atoms with Gasteiger partial charge in [-0.25, -0.2) is 0 Å². The fourth-order valence-corrected chi connectivity index (χ4v) is 3.78. The van der Waals surface area contributed by atoms with Crippen molar-refractivity contribution < 1.29 is 4.79 Å². The first-order valence-corrected chi connectivity index (χ1v) is 7.41. The molecule has 1 aromatic rings. The molecule has 0 aliphatic heterocycles. The second-order valence-corrected chi connectivity index (χ2v) is 6.14. The minimum Gasteiger partial charge on any atom is -0.317 e. The summed E-state index contributed by atoms with van der Waals surface area (Å²) in [6.45, 7) is 2.22. The van der Waals surface area contributed by atoms with Gasteiger partial charge in [-0.3, -0.25) is 4.79 Å².